The number of carbonyl (C=O) groups excluding carboxylic acids is 1. The van der Waals surface area contributed by atoms with E-state index in [-0.39, 0.29) is 46.2 Å². The van der Waals surface area contributed by atoms with Crippen LogP contribution in [0.2, 0.25) is 5.02 Å². The van der Waals surface area contributed by atoms with Gasteiger partial charge in [-0.15, -0.1) is 12.4 Å². The Hall–Kier alpha value is -1.93. The predicted octanol–water partition coefficient (Wildman–Crippen LogP) is 5.10. The van der Waals surface area contributed by atoms with Crippen LogP contribution in [0.25, 0.3) is 21.2 Å². The minimum Gasteiger partial charge on any atom is -0.508 e. The molecule has 1 saturated heterocycles. The van der Waals surface area contributed by atoms with Gasteiger partial charge in [0.25, 0.3) is 5.91 Å². The molecule has 0 aliphatic carbocycles. The maximum Gasteiger partial charge on any atom is 0.255 e. The number of aromatic nitrogens is 1. The highest BCUT2D eigenvalue weighted by Gasteiger charge is 2.33. The Morgan fingerprint density at radius 1 is 1.37 bits per heavy atom. The summed E-state index contributed by atoms with van der Waals surface area (Å²) in [7, 11) is 0. The molecule has 1 aromatic heterocycles. The molecule has 0 saturated carbocycles. The van der Waals surface area contributed by atoms with Gasteiger partial charge in [0.15, 0.2) is 0 Å². The van der Waals surface area contributed by atoms with Gasteiger partial charge in [-0.05, 0) is 56.1 Å². The van der Waals surface area contributed by atoms with Crippen molar-refractivity contribution in [2.45, 2.75) is 32.4 Å². The normalized spacial score (nSPS) is 18.3. The molecule has 1 fully saturated rings. The van der Waals surface area contributed by atoms with E-state index in [4.69, 9.17) is 11.6 Å². The fourth-order valence-corrected chi connectivity index (χ4v) is 5.12. The third-order valence-electron chi connectivity index (χ3n) is 5.00. The molecule has 0 unspecified atom stereocenters. The smallest absolute Gasteiger partial charge is 0.255 e. The molecular weight excluding hydrogens is 448 g/mol. The molecule has 0 radical (unpaired) electrons. The largest absolute Gasteiger partial charge is 0.508 e. The number of phenols is 1. The molecule has 4 rings (SSSR count). The van der Waals surface area contributed by atoms with Crippen LogP contribution in [0.5, 0.6) is 5.75 Å². The van der Waals surface area contributed by atoms with Gasteiger partial charge in [0.1, 0.15) is 11.6 Å². The molecule has 160 valence electrons. The Bertz CT molecular complexity index is 1100. The third kappa shape index (κ3) is 4.25. The topological polar surface area (TPSA) is 65.5 Å². The molecule has 30 heavy (non-hydrogen) atoms. The number of hydrogen-bond donors (Lipinski definition) is 2. The van der Waals surface area contributed by atoms with Crippen LogP contribution in [0.15, 0.2) is 30.5 Å². The summed E-state index contributed by atoms with van der Waals surface area (Å²) in [6.45, 7) is 7.32. The quantitative estimate of drug-likeness (QED) is 0.547. The Kier molecular flexibility index (Phi) is 6.30. The highest BCUT2D eigenvalue weighted by molar-refractivity contribution is 7.13. The zero-order chi connectivity index (χ0) is 20.9. The number of rotatable bonds is 2. The van der Waals surface area contributed by atoms with Gasteiger partial charge in [0.2, 0.25) is 0 Å². The van der Waals surface area contributed by atoms with E-state index in [1.54, 1.807) is 18.3 Å². The van der Waals surface area contributed by atoms with E-state index in [0.29, 0.717) is 24.2 Å². The number of phenolic OH excluding ortho intramolecular Hbond substituents is 1. The van der Waals surface area contributed by atoms with Crippen molar-refractivity contribution < 1.29 is 14.3 Å². The Morgan fingerprint density at radius 3 is 2.77 bits per heavy atom. The number of halogens is 3. The summed E-state index contributed by atoms with van der Waals surface area (Å²) in [4.78, 5) is 15.3. The third-order valence-corrected chi connectivity index (χ3v) is 6.15. The van der Waals surface area contributed by atoms with Crippen LogP contribution in [0, 0.1) is 5.82 Å². The summed E-state index contributed by atoms with van der Waals surface area (Å²) in [5.74, 6) is -1.01. The standard InChI is InChI=1S/C21H21ClFN3O2S.ClH/c1-11-9-26(10-21(2,3)25-11)20(28)15-5-12(4-13-8-24-29-19(13)15)18-16(22)6-14(27)7-17(18)23;/h4-8,11,25,27H,9-10H2,1-3H3;1H/t11-;/m0./s1. The maximum absolute atomic E-state index is 14.6. The minimum atomic E-state index is -0.645. The average Bonchev–Trinajstić information content (AvgIpc) is 3.06. The van der Waals surface area contributed by atoms with Crippen LogP contribution < -0.4 is 5.32 Å². The fraction of sp³-hybridized carbons (Fsp3) is 0.333. The van der Waals surface area contributed by atoms with E-state index in [1.165, 1.54) is 17.6 Å². The van der Waals surface area contributed by atoms with Gasteiger partial charge in [-0.25, -0.2) is 4.39 Å². The molecule has 1 atom stereocenters. The molecule has 2 aromatic carbocycles. The number of nitrogens with one attached hydrogen (secondary N) is 1. The second-order valence-corrected chi connectivity index (χ2v) is 9.38. The number of benzene rings is 2. The number of hydrogen-bond acceptors (Lipinski definition) is 5. The number of aromatic hydroxyl groups is 1. The summed E-state index contributed by atoms with van der Waals surface area (Å²) >= 11 is 7.46. The van der Waals surface area contributed by atoms with Gasteiger partial charge in [0.05, 0.1) is 15.3 Å². The number of amides is 1. The van der Waals surface area contributed by atoms with Crippen LogP contribution in [0.1, 0.15) is 31.1 Å². The van der Waals surface area contributed by atoms with Gasteiger partial charge in [-0.3, -0.25) is 4.79 Å². The van der Waals surface area contributed by atoms with E-state index >= 15 is 0 Å². The van der Waals surface area contributed by atoms with Crippen LogP contribution in [-0.2, 0) is 0 Å². The van der Waals surface area contributed by atoms with Crippen molar-refractivity contribution in [1.82, 2.24) is 14.6 Å². The van der Waals surface area contributed by atoms with E-state index in [1.807, 2.05) is 11.8 Å². The number of piperazine rings is 1. The molecule has 3 aromatic rings. The lowest BCUT2D eigenvalue weighted by atomic mass is 9.96. The second-order valence-electron chi connectivity index (χ2n) is 8.17. The molecule has 2 heterocycles. The lowest BCUT2D eigenvalue weighted by Gasteiger charge is -2.42. The first-order valence-corrected chi connectivity index (χ1v) is 10.4. The van der Waals surface area contributed by atoms with Gasteiger partial charge in [-0.2, -0.15) is 4.37 Å². The van der Waals surface area contributed by atoms with Crippen molar-refractivity contribution in [3.05, 3.63) is 46.9 Å². The van der Waals surface area contributed by atoms with Crippen LogP contribution >= 0.6 is 35.5 Å². The van der Waals surface area contributed by atoms with Gasteiger partial charge < -0.3 is 15.3 Å². The van der Waals surface area contributed by atoms with E-state index in [9.17, 15) is 14.3 Å². The van der Waals surface area contributed by atoms with Gasteiger partial charge in [0, 0.05) is 47.9 Å². The highest BCUT2D eigenvalue weighted by atomic mass is 35.5. The summed E-state index contributed by atoms with van der Waals surface area (Å²) in [5.41, 5.74) is 0.907. The van der Waals surface area contributed by atoms with Crippen molar-refractivity contribution in [3.8, 4) is 16.9 Å². The maximum atomic E-state index is 14.6. The van der Waals surface area contributed by atoms with E-state index in [2.05, 4.69) is 23.5 Å². The lowest BCUT2D eigenvalue weighted by Crippen LogP contribution is -2.62. The van der Waals surface area contributed by atoms with Crippen LogP contribution in [-0.4, -0.2) is 45.0 Å². The molecule has 0 bridgehead atoms. The monoisotopic (exact) mass is 469 g/mol. The zero-order valence-electron chi connectivity index (χ0n) is 16.7. The number of carbonyl (C=O) groups is 1. The molecule has 0 spiro atoms. The summed E-state index contributed by atoms with van der Waals surface area (Å²) in [6, 6.07) is 5.90. The van der Waals surface area contributed by atoms with E-state index in [0.717, 1.165) is 16.2 Å². The second kappa shape index (κ2) is 8.30. The molecule has 1 amide bonds. The number of nitrogens with zero attached hydrogens (tertiary/aromatic N) is 2. The summed E-state index contributed by atoms with van der Waals surface area (Å²) in [5, 5.41) is 13.9. The van der Waals surface area contributed by atoms with Crippen molar-refractivity contribution in [2.75, 3.05) is 13.1 Å². The first kappa shape index (κ1) is 22.7. The zero-order valence-corrected chi connectivity index (χ0v) is 19.1. The summed E-state index contributed by atoms with van der Waals surface area (Å²) in [6.07, 6.45) is 1.66. The Morgan fingerprint density at radius 2 is 2.10 bits per heavy atom. The van der Waals surface area contributed by atoms with Crippen molar-refractivity contribution in [1.29, 1.82) is 0 Å². The Labute approximate surface area is 189 Å². The lowest BCUT2D eigenvalue weighted by molar-refractivity contribution is 0.0598. The molecule has 1 aliphatic heterocycles. The summed E-state index contributed by atoms with van der Waals surface area (Å²) < 4.78 is 19.6. The number of fused-ring (bicyclic) bond motifs is 1. The SMILES string of the molecule is C[C@H]1CN(C(=O)c2cc(-c3c(F)cc(O)cc3Cl)cc3cnsc23)CC(C)(C)N1.Cl. The molecule has 5 nitrogen and oxygen atoms in total. The van der Waals surface area contributed by atoms with E-state index < -0.39 is 5.82 Å². The predicted molar refractivity (Wildman–Crippen MR) is 122 cm³/mol. The van der Waals surface area contributed by atoms with Crippen molar-refractivity contribution in [3.63, 3.8) is 0 Å². The highest BCUT2D eigenvalue weighted by Crippen LogP contribution is 2.37. The molecule has 1 aliphatic rings. The first-order chi connectivity index (χ1) is 13.6. The fourth-order valence-electron chi connectivity index (χ4n) is 4.08. The van der Waals surface area contributed by atoms with Crippen molar-refractivity contribution >= 4 is 51.5 Å². The van der Waals surface area contributed by atoms with Gasteiger partial charge >= 0.3 is 0 Å². The van der Waals surface area contributed by atoms with Crippen LogP contribution in [0.3, 0.4) is 0 Å². The average molecular weight is 470 g/mol. The van der Waals surface area contributed by atoms with Crippen molar-refractivity contribution in [2.24, 2.45) is 0 Å². The molecule has 9 heteroatoms. The van der Waals surface area contributed by atoms with Gasteiger partial charge in [-0.1, -0.05) is 11.6 Å². The molecule has 2 N–H and O–H groups in total. The molecular formula is C21H22Cl2FN3O2S. The first-order valence-electron chi connectivity index (χ1n) is 9.28. The Balaban J connectivity index is 0.00000256. The minimum absolute atomic E-state index is 0. The van der Waals surface area contributed by atoms with Crippen LogP contribution in [0.4, 0.5) is 4.39 Å².